The predicted octanol–water partition coefficient (Wildman–Crippen LogP) is 3.25. The second-order valence-corrected chi connectivity index (χ2v) is 6.74. The van der Waals surface area contributed by atoms with Crippen molar-refractivity contribution >= 4 is 23.4 Å². The molecule has 2 aromatic carbocycles. The number of thioether (sulfide) groups is 1. The molecular formula is C20H19N3O3S. The molecule has 0 aliphatic carbocycles. The number of carbonyl (C=O) groups excluding carboxylic acids is 1. The highest BCUT2D eigenvalue weighted by Crippen LogP contribution is 2.21. The maximum atomic E-state index is 12.2. The quantitative estimate of drug-likeness (QED) is 0.485. The topological polar surface area (TPSA) is 84.1 Å². The lowest BCUT2D eigenvalue weighted by atomic mass is 10.2. The van der Waals surface area contributed by atoms with Crippen molar-refractivity contribution in [2.45, 2.75) is 17.3 Å². The molecule has 1 heterocycles. The van der Waals surface area contributed by atoms with Gasteiger partial charge in [0.05, 0.1) is 19.2 Å². The first-order valence-corrected chi connectivity index (χ1v) is 9.32. The number of carbonyl (C=O) groups is 1. The van der Waals surface area contributed by atoms with E-state index in [-0.39, 0.29) is 17.9 Å². The van der Waals surface area contributed by atoms with E-state index >= 15 is 0 Å². The van der Waals surface area contributed by atoms with Gasteiger partial charge in [0.2, 0.25) is 5.91 Å². The number of nitrogens with zero attached hydrogens (tertiary/aromatic N) is 1. The molecule has 1 aromatic heterocycles. The minimum absolute atomic E-state index is 0.0333. The van der Waals surface area contributed by atoms with E-state index in [4.69, 9.17) is 4.74 Å². The highest BCUT2D eigenvalue weighted by molar-refractivity contribution is 7.98. The summed E-state index contributed by atoms with van der Waals surface area (Å²) in [4.78, 5) is 31.2. The Morgan fingerprint density at radius 3 is 2.74 bits per heavy atom. The van der Waals surface area contributed by atoms with Gasteiger partial charge in [-0.05, 0) is 29.8 Å². The standard InChI is InChI=1S/C20H19N3O3S/c1-26-17-9-5-6-14(10-17)13-27-20-22-16(12-19(25)23-20)11-18(24)21-15-7-3-2-4-8-15/h2-10,12H,11,13H2,1H3,(H,21,24)(H,22,23,25). The Kier molecular flexibility index (Phi) is 6.27. The highest BCUT2D eigenvalue weighted by Gasteiger charge is 2.09. The van der Waals surface area contributed by atoms with Crippen molar-refractivity contribution in [3.63, 3.8) is 0 Å². The van der Waals surface area contributed by atoms with Crippen molar-refractivity contribution in [1.82, 2.24) is 9.97 Å². The number of aromatic nitrogens is 2. The van der Waals surface area contributed by atoms with Crippen molar-refractivity contribution in [3.05, 3.63) is 82.3 Å². The molecule has 138 valence electrons. The number of amides is 1. The first-order chi connectivity index (χ1) is 13.1. The first-order valence-electron chi connectivity index (χ1n) is 8.33. The third kappa shape index (κ3) is 5.72. The maximum Gasteiger partial charge on any atom is 0.251 e. The smallest absolute Gasteiger partial charge is 0.251 e. The van der Waals surface area contributed by atoms with Crippen LogP contribution in [0.1, 0.15) is 11.3 Å². The lowest BCUT2D eigenvalue weighted by molar-refractivity contribution is -0.115. The summed E-state index contributed by atoms with van der Waals surface area (Å²) in [6, 6.07) is 18.2. The van der Waals surface area contributed by atoms with Crippen LogP contribution in [0.3, 0.4) is 0 Å². The van der Waals surface area contributed by atoms with Crippen LogP contribution in [0.4, 0.5) is 5.69 Å². The van der Waals surface area contributed by atoms with E-state index in [9.17, 15) is 9.59 Å². The monoisotopic (exact) mass is 381 g/mol. The fraction of sp³-hybridized carbons (Fsp3) is 0.150. The molecule has 27 heavy (non-hydrogen) atoms. The summed E-state index contributed by atoms with van der Waals surface area (Å²) >= 11 is 1.40. The minimum Gasteiger partial charge on any atom is -0.497 e. The van der Waals surface area contributed by atoms with Crippen LogP contribution in [0, 0.1) is 0 Å². The molecule has 0 spiro atoms. The van der Waals surface area contributed by atoms with E-state index in [2.05, 4.69) is 15.3 Å². The fourth-order valence-corrected chi connectivity index (χ4v) is 3.28. The van der Waals surface area contributed by atoms with Crippen molar-refractivity contribution < 1.29 is 9.53 Å². The Balaban J connectivity index is 1.65. The van der Waals surface area contributed by atoms with Gasteiger partial charge < -0.3 is 15.0 Å². The van der Waals surface area contributed by atoms with E-state index in [1.54, 1.807) is 19.2 Å². The van der Waals surface area contributed by atoms with Crippen LogP contribution in [0.2, 0.25) is 0 Å². The van der Waals surface area contributed by atoms with Gasteiger partial charge in [-0.2, -0.15) is 0 Å². The second-order valence-electron chi connectivity index (χ2n) is 5.77. The summed E-state index contributed by atoms with van der Waals surface area (Å²) in [6.45, 7) is 0. The number of ether oxygens (including phenoxy) is 1. The Morgan fingerprint density at radius 1 is 1.15 bits per heavy atom. The van der Waals surface area contributed by atoms with E-state index < -0.39 is 0 Å². The molecule has 0 aliphatic heterocycles. The number of nitrogens with one attached hydrogen (secondary N) is 2. The van der Waals surface area contributed by atoms with Gasteiger partial charge in [-0.25, -0.2) is 4.98 Å². The molecular weight excluding hydrogens is 362 g/mol. The molecule has 2 N–H and O–H groups in total. The van der Waals surface area contributed by atoms with Crippen LogP contribution in [-0.4, -0.2) is 23.0 Å². The molecule has 7 heteroatoms. The van der Waals surface area contributed by atoms with Gasteiger partial charge in [-0.3, -0.25) is 9.59 Å². The average molecular weight is 381 g/mol. The Labute approximate surface area is 161 Å². The zero-order valence-corrected chi connectivity index (χ0v) is 15.6. The van der Waals surface area contributed by atoms with Crippen LogP contribution in [0.25, 0.3) is 0 Å². The molecule has 0 aliphatic rings. The molecule has 0 atom stereocenters. The number of methoxy groups -OCH3 is 1. The summed E-state index contributed by atoms with van der Waals surface area (Å²) < 4.78 is 5.21. The fourth-order valence-electron chi connectivity index (χ4n) is 2.45. The number of benzene rings is 2. The third-order valence-corrected chi connectivity index (χ3v) is 4.63. The van der Waals surface area contributed by atoms with Crippen molar-refractivity contribution in [1.29, 1.82) is 0 Å². The number of H-pyrrole nitrogens is 1. The lowest BCUT2D eigenvalue weighted by Gasteiger charge is -2.07. The summed E-state index contributed by atoms with van der Waals surface area (Å²) in [5.74, 6) is 1.18. The van der Waals surface area contributed by atoms with E-state index in [0.717, 1.165) is 11.3 Å². The van der Waals surface area contributed by atoms with Gasteiger partial charge in [0.25, 0.3) is 5.56 Å². The molecule has 6 nitrogen and oxygen atoms in total. The van der Waals surface area contributed by atoms with Gasteiger partial charge in [0.15, 0.2) is 5.16 Å². The van der Waals surface area contributed by atoms with Crippen LogP contribution in [0.5, 0.6) is 5.75 Å². The van der Waals surface area contributed by atoms with Crippen molar-refractivity contribution in [2.75, 3.05) is 12.4 Å². The van der Waals surface area contributed by atoms with E-state index in [0.29, 0.717) is 22.3 Å². The highest BCUT2D eigenvalue weighted by atomic mass is 32.2. The van der Waals surface area contributed by atoms with Crippen LogP contribution < -0.4 is 15.6 Å². The number of rotatable bonds is 7. The summed E-state index contributed by atoms with van der Waals surface area (Å²) in [5, 5.41) is 3.27. The second kappa shape index (κ2) is 9.05. The van der Waals surface area contributed by atoms with Crippen LogP contribution in [-0.2, 0) is 17.0 Å². The molecule has 0 bridgehead atoms. The van der Waals surface area contributed by atoms with E-state index in [1.807, 2.05) is 42.5 Å². The molecule has 1 amide bonds. The number of para-hydroxylation sites is 1. The average Bonchev–Trinajstić information content (AvgIpc) is 2.67. The Bertz CT molecular complexity index is 973. The van der Waals surface area contributed by atoms with Crippen LogP contribution in [0.15, 0.2) is 70.6 Å². The normalized spacial score (nSPS) is 10.4. The molecule has 0 saturated carbocycles. The Hall–Kier alpha value is -3.06. The predicted molar refractivity (Wildman–Crippen MR) is 106 cm³/mol. The summed E-state index contributed by atoms with van der Waals surface area (Å²) in [5.41, 5.74) is 1.91. The zero-order chi connectivity index (χ0) is 19.1. The number of hydrogen-bond acceptors (Lipinski definition) is 5. The molecule has 0 fully saturated rings. The third-order valence-electron chi connectivity index (χ3n) is 3.68. The SMILES string of the molecule is COc1cccc(CSc2nc(CC(=O)Nc3ccccc3)cc(=O)[nH]2)c1. The maximum absolute atomic E-state index is 12.2. The van der Waals surface area contributed by atoms with E-state index in [1.165, 1.54) is 17.8 Å². The lowest BCUT2D eigenvalue weighted by Crippen LogP contribution is -2.18. The molecule has 0 unspecified atom stereocenters. The van der Waals surface area contributed by atoms with Gasteiger partial charge in [-0.15, -0.1) is 0 Å². The molecule has 0 radical (unpaired) electrons. The largest absolute Gasteiger partial charge is 0.497 e. The van der Waals surface area contributed by atoms with Gasteiger partial charge in [0, 0.05) is 17.5 Å². The summed E-state index contributed by atoms with van der Waals surface area (Å²) in [7, 11) is 1.62. The summed E-state index contributed by atoms with van der Waals surface area (Å²) in [6.07, 6.45) is 0.0333. The van der Waals surface area contributed by atoms with Crippen molar-refractivity contribution in [3.8, 4) is 5.75 Å². The minimum atomic E-state index is -0.277. The van der Waals surface area contributed by atoms with Crippen molar-refractivity contribution in [2.24, 2.45) is 0 Å². The Morgan fingerprint density at radius 2 is 1.96 bits per heavy atom. The first kappa shape index (κ1) is 18.7. The number of hydrogen-bond donors (Lipinski definition) is 2. The van der Waals surface area contributed by atoms with Crippen LogP contribution >= 0.6 is 11.8 Å². The van der Waals surface area contributed by atoms with Gasteiger partial charge in [0.1, 0.15) is 5.75 Å². The number of aromatic amines is 1. The van der Waals surface area contributed by atoms with Gasteiger partial charge in [-0.1, -0.05) is 42.1 Å². The molecule has 3 rings (SSSR count). The molecule has 0 saturated heterocycles. The number of anilines is 1. The molecule has 3 aromatic rings. The van der Waals surface area contributed by atoms with Gasteiger partial charge >= 0.3 is 0 Å². The zero-order valence-electron chi connectivity index (χ0n) is 14.8.